The second-order valence-electron chi connectivity index (χ2n) is 5.27. The SMILES string of the molecule is CNc1ncnc(NC2CCN3CCCCC23)c1Br. The number of halogens is 1. The van der Waals surface area contributed by atoms with E-state index in [1.165, 1.54) is 38.8 Å². The lowest BCUT2D eigenvalue weighted by molar-refractivity contribution is 0.192. The Morgan fingerprint density at radius 1 is 1.21 bits per heavy atom. The molecule has 2 aliphatic heterocycles. The fourth-order valence-corrected chi connectivity index (χ4v) is 3.75. The summed E-state index contributed by atoms with van der Waals surface area (Å²) in [6.07, 6.45) is 6.82. The second-order valence-corrected chi connectivity index (χ2v) is 6.07. The molecule has 2 atom stereocenters. The first-order valence-corrected chi connectivity index (χ1v) is 7.77. The summed E-state index contributed by atoms with van der Waals surface area (Å²) in [7, 11) is 1.87. The van der Waals surface area contributed by atoms with Crippen molar-refractivity contribution in [1.82, 2.24) is 14.9 Å². The molecule has 1 aromatic rings. The summed E-state index contributed by atoms with van der Waals surface area (Å²) in [6, 6.07) is 1.19. The van der Waals surface area contributed by atoms with E-state index in [4.69, 9.17) is 0 Å². The van der Waals surface area contributed by atoms with Gasteiger partial charge in [-0.25, -0.2) is 9.97 Å². The number of anilines is 2. The van der Waals surface area contributed by atoms with Crippen LogP contribution in [0.5, 0.6) is 0 Å². The number of rotatable bonds is 3. The molecule has 2 N–H and O–H groups in total. The normalized spacial score (nSPS) is 27.1. The average Bonchev–Trinajstić information content (AvgIpc) is 2.85. The van der Waals surface area contributed by atoms with Crippen molar-refractivity contribution in [2.24, 2.45) is 0 Å². The van der Waals surface area contributed by atoms with Gasteiger partial charge in [0.2, 0.25) is 0 Å². The molecule has 2 aliphatic rings. The zero-order chi connectivity index (χ0) is 13.2. The zero-order valence-electron chi connectivity index (χ0n) is 11.2. The molecule has 2 fully saturated rings. The summed E-state index contributed by atoms with van der Waals surface area (Å²) in [5, 5.41) is 6.67. The number of aromatic nitrogens is 2. The summed E-state index contributed by atoms with van der Waals surface area (Å²) in [5.74, 6) is 1.73. The summed E-state index contributed by atoms with van der Waals surface area (Å²) in [4.78, 5) is 11.2. The van der Waals surface area contributed by atoms with Crippen LogP contribution in [0.1, 0.15) is 25.7 Å². The predicted octanol–water partition coefficient (Wildman–Crippen LogP) is 2.32. The van der Waals surface area contributed by atoms with Gasteiger partial charge in [0.15, 0.2) is 0 Å². The average molecular weight is 326 g/mol. The molecule has 0 aromatic carbocycles. The Bertz CT molecular complexity index is 453. The quantitative estimate of drug-likeness (QED) is 0.893. The largest absolute Gasteiger partial charge is 0.372 e. The van der Waals surface area contributed by atoms with Crippen molar-refractivity contribution in [2.45, 2.75) is 37.8 Å². The lowest BCUT2D eigenvalue weighted by atomic mass is 9.99. The van der Waals surface area contributed by atoms with Crippen LogP contribution in [-0.2, 0) is 0 Å². The highest BCUT2D eigenvalue weighted by molar-refractivity contribution is 9.10. The van der Waals surface area contributed by atoms with E-state index in [1.54, 1.807) is 6.33 Å². The van der Waals surface area contributed by atoms with Crippen LogP contribution in [0.15, 0.2) is 10.8 Å². The molecule has 5 nitrogen and oxygen atoms in total. The Kier molecular flexibility index (Phi) is 3.88. The number of nitrogens with one attached hydrogen (secondary N) is 2. The van der Waals surface area contributed by atoms with Crippen molar-refractivity contribution in [3.8, 4) is 0 Å². The molecule has 3 heterocycles. The maximum absolute atomic E-state index is 4.36. The van der Waals surface area contributed by atoms with Gasteiger partial charge in [0, 0.05) is 25.7 Å². The molecular formula is C13H20BrN5. The van der Waals surface area contributed by atoms with Crippen molar-refractivity contribution < 1.29 is 0 Å². The van der Waals surface area contributed by atoms with Crippen LogP contribution in [0.3, 0.4) is 0 Å². The highest BCUT2D eigenvalue weighted by Crippen LogP contribution is 2.32. The van der Waals surface area contributed by atoms with Gasteiger partial charge in [0.1, 0.15) is 22.4 Å². The molecule has 0 saturated carbocycles. The van der Waals surface area contributed by atoms with E-state index in [0.717, 1.165) is 16.1 Å². The molecular weight excluding hydrogens is 306 g/mol. The summed E-state index contributed by atoms with van der Waals surface area (Å²) in [5.41, 5.74) is 0. The highest BCUT2D eigenvalue weighted by Gasteiger charge is 2.35. The van der Waals surface area contributed by atoms with Crippen molar-refractivity contribution in [3.63, 3.8) is 0 Å². The maximum atomic E-state index is 4.36. The fourth-order valence-electron chi connectivity index (χ4n) is 3.24. The first kappa shape index (κ1) is 13.1. The molecule has 0 bridgehead atoms. The third-order valence-electron chi connectivity index (χ3n) is 4.20. The van der Waals surface area contributed by atoms with Crippen molar-refractivity contribution in [2.75, 3.05) is 30.8 Å². The van der Waals surface area contributed by atoms with E-state index in [0.29, 0.717) is 12.1 Å². The van der Waals surface area contributed by atoms with E-state index < -0.39 is 0 Å². The number of hydrogen-bond donors (Lipinski definition) is 2. The van der Waals surface area contributed by atoms with Gasteiger partial charge in [-0.05, 0) is 41.7 Å². The molecule has 6 heteroatoms. The van der Waals surface area contributed by atoms with Crippen LogP contribution in [0.25, 0.3) is 0 Å². The molecule has 3 rings (SSSR count). The van der Waals surface area contributed by atoms with Crippen LogP contribution in [0, 0.1) is 0 Å². The van der Waals surface area contributed by atoms with Crippen molar-refractivity contribution >= 4 is 27.6 Å². The van der Waals surface area contributed by atoms with E-state index in [-0.39, 0.29) is 0 Å². The van der Waals surface area contributed by atoms with Gasteiger partial charge >= 0.3 is 0 Å². The molecule has 0 radical (unpaired) electrons. The number of hydrogen-bond acceptors (Lipinski definition) is 5. The fraction of sp³-hybridized carbons (Fsp3) is 0.692. The van der Waals surface area contributed by atoms with E-state index in [9.17, 15) is 0 Å². The van der Waals surface area contributed by atoms with Gasteiger partial charge in [-0.15, -0.1) is 0 Å². The first-order chi connectivity index (χ1) is 9.29. The lowest BCUT2D eigenvalue weighted by Crippen LogP contribution is -2.41. The Morgan fingerprint density at radius 2 is 2.05 bits per heavy atom. The predicted molar refractivity (Wildman–Crippen MR) is 80.5 cm³/mol. The Balaban J connectivity index is 1.75. The Hall–Kier alpha value is -0.880. The van der Waals surface area contributed by atoms with Crippen LogP contribution < -0.4 is 10.6 Å². The minimum atomic E-state index is 0.510. The molecule has 0 aliphatic carbocycles. The Labute approximate surface area is 122 Å². The summed E-state index contributed by atoms with van der Waals surface area (Å²) in [6.45, 7) is 2.47. The third-order valence-corrected chi connectivity index (χ3v) is 4.96. The molecule has 19 heavy (non-hydrogen) atoms. The molecule has 0 amide bonds. The summed E-state index contributed by atoms with van der Waals surface area (Å²) < 4.78 is 0.923. The standard InChI is InChI=1S/C13H20BrN5/c1-15-12-11(14)13(17-8-16-12)18-9-5-7-19-6-3-2-4-10(9)19/h8-10H,2-7H2,1H3,(H2,15,16,17,18). The van der Waals surface area contributed by atoms with E-state index in [2.05, 4.69) is 41.4 Å². The number of piperidine rings is 1. The van der Waals surface area contributed by atoms with Gasteiger partial charge in [0.05, 0.1) is 0 Å². The van der Waals surface area contributed by atoms with Crippen LogP contribution >= 0.6 is 15.9 Å². The minimum Gasteiger partial charge on any atom is -0.372 e. The minimum absolute atomic E-state index is 0.510. The number of fused-ring (bicyclic) bond motifs is 1. The monoisotopic (exact) mass is 325 g/mol. The first-order valence-electron chi connectivity index (χ1n) is 6.98. The van der Waals surface area contributed by atoms with Crippen molar-refractivity contribution in [3.05, 3.63) is 10.8 Å². The van der Waals surface area contributed by atoms with Crippen LogP contribution in [-0.4, -0.2) is 47.1 Å². The maximum Gasteiger partial charge on any atom is 0.146 e. The van der Waals surface area contributed by atoms with Gasteiger partial charge in [-0.3, -0.25) is 4.90 Å². The molecule has 2 unspecified atom stereocenters. The molecule has 2 saturated heterocycles. The second kappa shape index (κ2) is 5.63. The third kappa shape index (κ3) is 2.56. The van der Waals surface area contributed by atoms with Crippen LogP contribution in [0.4, 0.5) is 11.6 Å². The highest BCUT2D eigenvalue weighted by atomic mass is 79.9. The van der Waals surface area contributed by atoms with Gasteiger partial charge < -0.3 is 10.6 Å². The van der Waals surface area contributed by atoms with E-state index >= 15 is 0 Å². The molecule has 104 valence electrons. The Morgan fingerprint density at radius 3 is 2.89 bits per heavy atom. The van der Waals surface area contributed by atoms with Crippen LogP contribution in [0.2, 0.25) is 0 Å². The summed E-state index contributed by atoms with van der Waals surface area (Å²) >= 11 is 3.57. The van der Waals surface area contributed by atoms with Gasteiger partial charge in [0.25, 0.3) is 0 Å². The van der Waals surface area contributed by atoms with Crippen molar-refractivity contribution in [1.29, 1.82) is 0 Å². The smallest absolute Gasteiger partial charge is 0.146 e. The number of nitrogens with zero attached hydrogens (tertiary/aromatic N) is 3. The topological polar surface area (TPSA) is 53.1 Å². The molecule has 0 spiro atoms. The molecule has 1 aromatic heterocycles. The lowest BCUT2D eigenvalue weighted by Gasteiger charge is -2.32. The zero-order valence-corrected chi connectivity index (χ0v) is 12.8. The van der Waals surface area contributed by atoms with Gasteiger partial charge in [-0.1, -0.05) is 6.42 Å². The van der Waals surface area contributed by atoms with E-state index in [1.807, 2.05) is 7.05 Å². The van der Waals surface area contributed by atoms with Gasteiger partial charge in [-0.2, -0.15) is 0 Å².